The summed E-state index contributed by atoms with van der Waals surface area (Å²) in [6, 6.07) is 0. The van der Waals surface area contributed by atoms with Crippen LogP contribution in [0.4, 0.5) is 0 Å². The average Bonchev–Trinajstić information content (AvgIpc) is 2.01. The van der Waals surface area contributed by atoms with E-state index in [4.69, 9.17) is 4.55 Å². The second-order valence-corrected chi connectivity index (χ2v) is 4.59. The summed E-state index contributed by atoms with van der Waals surface area (Å²) in [5.74, 6) is -0.107. The molecule has 0 saturated carbocycles. The van der Waals surface area contributed by atoms with Gasteiger partial charge < -0.3 is 0 Å². The molecular weight excluding hydrogens is 188 g/mol. The second kappa shape index (κ2) is 7.09. The number of hydrogen-bond donors (Lipinski definition) is 1. The Hall–Kier alpha value is -0.350. The Bertz CT molecular complexity index is 229. The molecule has 0 aromatic carbocycles. The molecule has 0 atom stereocenters. The van der Waals surface area contributed by atoms with Crippen molar-refractivity contribution in [3.8, 4) is 0 Å². The second-order valence-electron chi connectivity index (χ2n) is 3.02. The highest BCUT2D eigenvalue weighted by Crippen LogP contribution is 2.02. The predicted molar refractivity (Wildman–Crippen MR) is 54.3 cm³/mol. The van der Waals surface area contributed by atoms with Gasteiger partial charge in [0.15, 0.2) is 0 Å². The van der Waals surface area contributed by atoms with E-state index in [9.17, 15) is 8.42 Å². The normalized spacial score (nSPS) is 12.5. The minimum absolute atomic E-state index is 0.107. The molecule has 0 aliphatic heterocycles. The summed E-state index contributed by atoms with van der Waals surface area (Å²) in [6.45, 7) is 2.08. The number of hydrogen-bond acceptors (Lipinski definition) is 2. The summed E-state index contributed by atoms with van der Waals surface area (Å²) in [5, 5.41) is 0. The van der Waals surface area contributed by atoms with Gasteiger partial charge >= 0.3 is 0 Å². The molecule has 0 aliphatic rings. The quantitative estimate of drug-likeness (QED) is 0.395. The zero-order valence-electron chi connectivity index (χ0n) is 8.07. The highest BCUT2D eigenvalue weighted by molar-refractivity contribution is 7.85. The third-order valence-corrected chi connectivity index (χ3v) is 2.48. The van der Waals surface area contributed by atoms with Gasteiger partial charge in [-0.05, 0) is 25.7 Å². The van der Waals surface area contributed by atoms with Crippen LogP contribution < -0.4 is 0 Å². The van der Waals surface area contributed by atoms with Gasteiger partial charge in [0.25, 0.3) is 10.1 Å². The summed E-state index contributed by atoms with van der Waals surface area (Å²) < 4.78 is 29.0. The summed E-state index contributed by atoms with van der Waals surface area (Å²) in [7, 11) is -3.74. The van der Waals surface area contributed by atoms with Gasteiger partial charge in [-0.2, -0.15) is 8.42 Å². The first kappa shape index (κ1) is 12.7. The fraction of sp³-hybridized carbons (Fsp3) is 0.778. The molecule has 0 heterocycles. The van der Waals surface area contributed by atoms with Gasteiger partial charge in [0, 0.05) is 0 Å². The van der Waals surface area contributed by atoms with Crippen LogP contribution in [0.15, 0.2) is 12.2 Å². The molecule has 0 radical (unpaired) electrons. The highest BCUT2D eigenvalue weighted by atomic mass is 32.2. The van der Waals surface area contributed by atoms with Crippen LogP contribution in [0.3, 0.4) is 0 Å². The van der Waals surface area contributed by atoms with Crippen LogP contribution in [0.5, 0.6) is 0 Å². The Balaban J connectivity index is 3.23. The molecule has 0 amide bonds. The third-order valence-electron chi connectivity index (χ3n) is 1.68. The van der Waals surface area contributed by atoms with Gasteiger partial charge in [0.2, 0.25) is 0 Å². The average molecular weight is 206 g/mol. The Labute approximate surface area is 80.6 Å². The Morgan fingerprint density at radius 1 is 1.15 bits per heavy atom. The molecule has 1 N–H and O–H groups in total. The lowest BCUT2D eigenvalue weighted by molar-refractivity contribution is 0.479. The van der Waals surface area contributed by atoms with Gasteiger partial charge in [-0.3, -0.25) is 4.55 Å². The van der Waals surface area contributed by atoms with E-state index < -0.39 is 10.1 Å². The Morgan fingerprint density at radius 3 is 2.38 bits per heavy atom. The number of unbranched alkanes of at least 4 members (excludes halogenated alkanes) is 3. The first-order valence-electron chi connectivity index (χ1n) is 4.66. The molecule has 0 saturated heterocycles. The number of allylic oxidation sites excluding steroid dienone is 2. The zero-order valence-corrected chi connectivity index (χ0v) is 8.89. The van der Waals surface area contributed by atoms with Crippen molar-refractivity contribution < 1.29 is 13.0 Å². The summed E-state index contributed by atoms with van der Waals surface area (Å²) >= 11 is 0. The molecule has 0 unspecified atom stereocenters. The predicted octanol–water partition coefficient (Wildman–Crippen LogP) is 2.40. The lowest BCUT2D eigenvalue weighted by atomic mass is 10.2. The molecule has 0 bridgehead atoms. The van der Waals surface area contributed by atoms with Gasteiger partial charge in [0.1, 0.15) is 0 Å². The van der Waals surface area contributed by atoms with Crippen LogP contribution in [0.1, 0.15) is 39.0 Å². The largest absolute Gasteiger partial charge is 0.286 e. The molecule has 0 aliphatic carbocycles. The van der Waals surface area contributed by atoms with Crippen molar-refractivity contribution in [2.45, 2.75) is 39.0 Å². The molecule has 78 valence electrons. The summed E-state index contributed by atoms with van der Waals surface area (Å²) in [5.41, 5.74) is 0. The molecule has 0 aromatic rings. The van der Waals surface area contributed by atoms with Gasteiger partial charge in [-0.15, -0.1) is 0 Å². The smallest absolute Gasteiger partial charge is 0.264 e. The minimum Gasteiger partial charge on any atom is -0.286 e. The minimum atomic E-state index is -3.74. The molecule has 0 aromatic heterocycles. The monoisotopic (exact) mass is 206 g/mol. The van der Waals surface area contributed by atoms with Crippen LogP contribution in [-0.4, -0.2) is 18.7 Å². The maximum Gasteiger partial charge on any atom is 0.264 e. The van der Waals surface area contributed by atoms with Crippen LogP contribution in [-0.2, 0) is 10.1 Å². The molecule has 0 fully saturated rings. The Morgan fingerprint density at radius 2 is 1.85 bits per heavy atom. The topological polar surface area (TPSA) is 54.4 Å². The van der Waals surface area contributed by atoms with Crippen molar-refractivity contribution in [1.29, 1.82) is 0 Å². The fourth-order valence-electron chi connectivity index (χ4n) is 1.01. The van der Waals surface area contributed by atoms with Crippen LogP contribution in [0, 0.1) is 0 Å². The third kappa shape index (κ3) is 11.7. The van der Waals surface area contributed by atoms with E-state index in [2.05, 4.69) is 19.1 Å². The lowest BCUT2D eigenvalue weighted by Gasteiger charge is -1.96. The fourth-order valence-corrected chi connectivity index (χ4v) is 1.58. The number of rotatable bonds is 7. The van der Waals surface area contributed by atoms with Crippen molar-refractivity contribution in [1.82, 2.24) is 0 Å². The van der Waals surface area contributed by atoms with E-state index in [1.54, 1.807) is 0 Å². The van der Waals surface area contributed by atoms with E-state index in [0.717, 1.165) is 25.7 Å². The van der Waals surface area contributed by atoms with E-state index in [1.807, 2.05) is 0 Å². The van der Waals surface area contributed by atoms with Gasteiger partial charge in [-0.25, -0.2) is 0 Å². The van der Waals surface area contributed by atoms with E-state index in [-0.39, 0.29) is 5.75 Å². The van der Waals surface area contributed by atoms with Crippen LogP contribution >= 0.6 is 0 Å². The van der Waals surface area contributed by atoms with E-state index in [1.165, 1.54) is 0 Å². The molecule has 13 heavy (non-hydrogen) atoms. The molecule has 0 spiro atoms. The summed E-state index contributed by atoms with van der Waals surface area (Å²) in [6.07, 6.45) is 8.65. The maximum absolute atomic E-state index is 10.3. The maximum atomic E-state index is 10.3. The molecule has 0 rings (SSSR count). The van der Waals surface area contributed by atoms with Crippen molar-refractivity contribution in [2.75, 3.05) is 5.75 Å². The van der Waals surface area contributed by atoms with Crippen molar-refractivity contribution >= 4 is 10.1 Å². The molecule has 3 nitrogen and oxygen atoms in total. The highest BCUT2D eigenvalue weighted by Gasteiger charge is 2.02. The van der Waals surface area contributed by atoms with Gasteiger partial charge in [0.05, 0.1) is 5.75 Å². The van der Waals surface area contributed by atoms with Crippen molar-refractivity contribution in [3.05, 3.63) is 12.2 Å². The van der Waals surface area contributed by atoms with Crippen LogP contribution in [0.25, 0.3) is 0 Å². The van der Waals surface area contributed by atoms with Gasteiger partial charge in [-0.1, -0.05) is 25.5 Å². The lowest BCUT2D eigenvalue weighted by Crippen LogP contribution is -2.03. The Kier molecular flexibility index (Phi) is 6.90. The van der Waals surface area contributed by atoms with Crippen molar-refractivity contribution in [2.24, 2.45) is 0 Å². The van der Waals surface area contributed by atoms with Crippen molar-refractivity contribution in [3.63, 3.8) is 0 Å². The summed E-state index contributed by atoms with van der Waals surface area (Å²) in [4.78, 5) is 0. The zero-order chi connectivity index (χ0) is 10.2. The van der Waals surface area contributed by atoms with E-state index >= 15 is 0 Å². The standard InChI is InChI=1S/C9H18O3S/c1-2-3-4-5-6-7-8-9-13(10,11)12/h3-4H,2,5-9H2,1H3,(H,10,11,12). The van der Waals surface area contributed by atoms with Crippen LogP contribution in [0.2, 0.25) is 0 Å². The SMILES string of the molecule is CCC=CCCCCCS(=O)(=O)O. The molecular formula is C9H18O3S. The first-order valence-corrected chi connectivity index (χ1v) is 6.27. The molecule has 4 heteroatoms. The first-order chi connectivity index (χ1) is 6.06. The van der Waals surface area contributed by atoms with E-state index in [0.29, 0.717) is 6.42 Å².